The molecule has 1 aliphatic rings. The Hall–Kier alpha value is -1.23. The maximum atomic E-state index is 13.5. The highest BCUT2D eigenvalue weighted by atomic mass is 32.1. The molecule has 1 aliphatic carbocycles. The summed E-state index contributed by atoms with van der Waals surface area (Å²) in [6.07, 6.45) is 2.88. The number of hydrogen-bond acceptors (Lipinski definition) is 3. The molecule has 0 aliphatic heterocycles. The number of fused-ring (bicyclic) bond motifs is 1. The fraction of sp³-hybridized carbons (Fsp3) is 0.375. The highest BCUT2D eigenvalue weighted by Crippen LogP contribution is 2.30. The third kappa shape index (κ3) is 2.92. The molecule has 2 aromatic rings. The average Bonchev–Trinajstić information content (AvgIpc) is 3.00. The van der Waals surface area contributed by atoms with Gasteiger partial charge in [-0.1, -0.05) is 18.2 Å². The van der Waals surface area contributed by atoms with E-state index in [9.17, 15) is 9.50 Å². The van der Waals surface area contributed by atoms with Crippen molar-refractivity contribution in [2.75, 3.05) is 6.54 Å². The molecule has 2 nitrogen and oxygen atoms in total. The molecule has 0 radical (unpaired) electrons. The molecule has 106 valence electrons. The second kappa shape index (κ2) is 6.04. The third-order valence-corrected chi connectivity index (χ3v) is 4.94. The minimum Gasteiger partial charge on any atom is -0.387 e. The number of thiophene rings is 1. The molecule has 1 atom stereocenters. The van der Waals surface area contributed by atoms with Crippen molar-refractivity contribution in [3.63, 3.8) is 0 Å². The second-order valence-electron chi connectivity index (χ2n) is 5.18. The molecule has 0 fully saturated rings. The highest BCUT2D eigenvalue weighted by Gasteiger charge is 2.15. The lowest BCUT2D eigenvalue weighted by Gasteiger charge is -2.12. The van der Waals surface area contributed by atoms with Crippen LogP contribution in [0.4, 0.5) is 4.39 Å². The van der Waals surface area contributed by atoms with Gasteiger partial charge in [0.05, 0.1) is 6.10 Å². The van der Waals surface area contributed by atoms with Crippen LogP contribution >= 0.6 is 11.3 Å². The molecule has 4 heteroatoms. The zero-order valence-corrected chi connectivity index (χ0v) is 12.0. The summed E-state index contributed by atoms with van der Waals surface area (Å²) < 4.78 is 13.5. The van der Waals surface area contributed by atoms with E-state index in [0.717, 1.165) is 6.54 Å². The average molecular weight is 291 g/mol. The Bertz CT molecular complexity index is 574. The third-order valence-electron chi connectivity index (χ3n) is 3.70. The highest BCUT2D eigenvalue weighted by molar-refractivity contribution is 7.12. The first kappa shape index (κ1) is 13.7. The molecule has 0 spiro atoms. The fourth-order valence-corrected chi connectivity index (χ4v) is 3.90. The molecule has 0 bridgehead atoms. The van der Waals surface area contributed by atoms with E-state index >= 15 is 0 Å². The second-order valence-corrected chi connectivity index (χ2v) is 6.40. The summed E-state index contributed by atoms with van der Waals surface area (Å²) in [6, 6.07) is 8.64. The van der Waals surface area contributed by atoms with Crippen LogP contribution < -0.4 is 5.32 Å². The summed E-state index contributed by atoms with van der Waals surface area (Å²) in [5, 5.41) is 13.2. The fourth-order valence-electron chi connectivity index (χ4n) is 2.67. The van der Waals surface area contributed by atoms with Crippen LogP contribution in [0.25, 0.3) is 0 Å². The van der Waals surface area contributed by atoms with Crippen molar-refractivity contribution in [2.45, 2.75) is 31.9 Å². The number of aliphatic hydroxyl groups excluding tert-OH is 1. The molecule has 0 amide bonds. The first-order chi connectivity index (χ1) is 9.74. The van der Waals surface area contributed by atoms with Crippen molar-refractivity contribution >= 4 is 11.3 Å². The Labute approximate surface area is 122 Å². The van der Waals surface area contributed by atoms with Gasteiger partial charge in [0.2, 0.25) is 0 Å². The van der Waals surface area contributed by atoms with Crippen LogP contribution in [0.5, 0.6) is 0 Å². The van der Waals surface area contributed by atoms with E-state index in [1.54, 1.807) is 18.2 Å². The molecule has 2 N–H and O–H groups in total. The van der Waals surface area contributed by atoms with Gasteiger partial charge in [0.25, 0.3) is 0 Å². The van der Waals surface area contributed by atoms with Crippen LogP contribution in [0, 0.1) is 5.82 Å². The maximum absolute atomic E-state index is 13.5. The summed E-state index contributed by atoms with van der Waals surface area (Å²) in [5.74, 6) is -0.350. The molecule has 20 heavy (non-hydrogen) atoms. The normalized spacial score (nSPS) is 15.3. The van der Waals surface area contributed by atoms with E-state index in [2.05, 4.69) is 11.4 Å². The first-order valence-electron chi connectivity index (χ1n) is 6.97. The Kier molecular flexibility index (Phi) is 4.15. The van der Waals surface area contributed by atoms with Crippen LogP contribution in [-0.4, -0.2) is 11.7 Å². The summed E-state index contributed by atoms with van der Waals surface area (Å²) in [6.45, 7) is 1.10. The zero-order valence-electron chi connectivity index (χ0n) is 11.2. The van der Waals surface area contributed by atoms with E-state index in [1.807, 2.05) is 11.3 Å². The number of aryl methyl sites for hydroxylation is 2. The van der Waals surface area contributed by atoms with Gasteiger partial charge >= 0.3 is 0 Å². The Morgan fingerprint density at radius 2 is 2.15 bits per heavy atom. The van der Waals surface area contributed by atoms with E-state index in [-0.39, 0.29) is 5.82 Å². The zero-order chi connectivity index (χ0) is 13.9. The molecular weight excluding hydrogens is 273 g/mol. The molecule has 1 aromatic carbocycles. The van der Waals surface area contributed by atoms with Gasteiger partial charge in [0.15, 0.2) is 0 Å². The molecular formula is C16H18FNOS. The first-order valence-corrected chi connectivity index (χ1v) is 7.79. The minimum absolute atomic E-state index is 0.350. The molecule has 1 unspecified atom stereocenters. The van der Waals surface area contributed by atoms with Crippen molar-refractivity contribution in [3.05, 3.63) is 57.0 Å². The van der Waals surface area contributed by atoms with E-state index < -0.39 is 6.10 Å². The van der Waals surface area contributed by atoms with Gasteiger partial charge in [0, 0.05) is 28.4 Å². The van der Waals surface area contributed by atoms with Crippen molar-refractivity contribution in [1.82, 2.24) is 5.32 Å². The summed E-state index contributed by atoms with van der Waals surface area (Å²) >= 11 is 1.85. The predicted octanol–water partition coefficient (Wildman–Crippen LogP) is 3.20. The van der Waals surface area contributed by atoms with Gasteiger partial charge in [-0.25, -0.2) is 4.39 Å². The largest absolute Gasteiger partial charge is 0.387 e. The standard InChI is InChI=1S/C16H18FNOS/c17-14-6-2-1-5-13(14)15(19)10-18-9-12-8-11-4-3-7-16(11)20-12/h1-2,5-6,8,15,18-19H,3-4,7,9-10H2. The Morgan fingerprint density at radius 1 is 1.30 bits per heavy atom. The van der Waals surface area contributed by atoms with Crippen LogP contribution in [0.3, 0.4) is 0 Å². The summed E-state index contributed by atoms with van der Waals surface area (Å²) in [7, 11) is 0. The predicted molar refractivity (Wildman–Crippen MR) is 79.4 cm³/mol. The Balaban J connectivity index is 1.53. The molecule has 3 rings (SSSR count). The summed E-state index contributed by atoms with van der Waals surface area (Å²) in [4.78, 5) is 2.81. The topological polar surface area (TPSA) is 32.3 Å². The SMILES string of the molecule is OC(CNCc1cc2c(s1)CCC2)c1ccccc1F. The smallest absolute Gasteiger partial charge is 0.129 e. The van der Waals surface area contributed by atoms with Crippen molar-refractivity contribution in [1.29, 1.82) is 0 Å². The van der Waals surface area contributed by atoms with Gasteiger partial charge in [-0.05, 0) is 37.0 Å². The summed E-state index contributed by atoms with van der Waals surface area (Å²) in [5.41, 5.74) is 1.84. The molecule has 1 aromatic heterocycles. The number of nitrogens with one attached hydrogen (secondary N) is 1. The molecule has 0 saturated heterocycles. The number of benzene rings is 1. The van der Waals surface area contributed by atoms with Crippen LogP contribution in [0.15, 0.2) is 30.3 Å². The van der Waals surface area contributed by atoms with Crippen LogP contribution in [0.1, 0.15) is 33.4 Å². The number of aliphatic hydroxyl groups is 1. The van der Waals surface area contributed by atoms with Gasteiger partial charge in [0.1, 0.15) is 5.82 Å². The monoisotopic (exact) mass is 291 g/mol. The molecule has 0 saturated carbocycles. The Morgan fingerprint density at radius 3 is 2.95 bits per heavy atom. The van der Waals surface area contributed by atoms with Crippen molar-refractivity contribution in [3.8, 4) is 0 Å². The lowest BCUT2D eigenvalue weighted by Crippen LogP contribution is -2.21. The van der Waals surface area contributed by atoms with E-state index in [0.29, 0.717) is 12.1 Å². The van der Waals surface area contributed by atoms with Crippen molar-refractivity contribution < 1.29 is 9.50 Å². The minimum atomic E-state index is -0.803. The van der Waals surface area contributed by atoms with Crippen LogP contribution in [0.2, 0.25) is 0 Å². The van der Waals surface area contributed by atoms with E-state index in [4.69, 9.17) is 0 Å². The van der Waals surface area contributed by atoms with E-state index in [1.165, 1.54) is 40.6 Å². The lowest BCUT2D eigenvalue weighted by atomic mass is 10.1. The molecule has 1 heterocycles. The van der Waals surface area contributed by atoms with Crippen molar-refractivity contribution in [2.24, 2.45) is 0 Å². The number of rotatable bonds is 5. The maximum Gasteiger partial charge on any atom is 0.129 e. The van der Waals surface area contributed by atoms with Gasteiger partial charge in [-0.15, -0.1) is 11.3 Å². The quantitative estimate of drug-likeness (QED) is 0.886. The number of hydrogen-bond donors (Lipinski definition) is 2. The lowest BCUT2D eigenvalue weighted by molar-refractivity contribution is 0.170. The van der Waals surface area contributed by atoms with Crippen LogP contribution in [-0.2, 0) is 19.4 Å². The van der Waals surface area contributed by atoms with Gasteiger partial charge in [-0.2, -0.15) is 0 Å². The van der Waals surface area contributed by atoms with Gasteiger partial charge < -0.3 is 10.4 Å². The number of halogens is 1. The van der Waals surface area contributed by atoms with Gasteiger partial charge in [-0.3, -0.25) is 0 Å².